The average molecular weight is 578 g/mol. The van der Waals surface area contributed by atoms with E-state index in [1.165, 1.54) is 21.9 Å². The van der Waals surface area contributed by atoms with E-state index in [4.69, 9.17) is 14.6 Å². The zero-order chi connectivity index (χ0) is 30.8. The Bertz CT molecular complexity index is 1530. The van der Waals surface area contributed by atoms with Gasteiger partial charge in [-0.05, 0) is 64.9 Å². The maximum atomic E-state index is 13.0. The fraction of sp³-hybridized carbons (Fsp3) is 0.294. The number of nitrogens with one attached hydrogen (secondary N) is 1. The first-order valence-corrected chi connectivity index (χ1v) is 14.1. The average Bonchev–Trinajstić information content (AvgIpc) is 3.00. The van der Waals surface area contributed by atoms with Crippen molar-refractivity contribution in [2.75, 3.05) is 19.8 Å². The molecule has 1 unspecified atom stereocenters. The zero-order valence-electron chi connectivity index (χ0n) is 24.6. The van der Waals surface area contributed by atoms with Gasteiger partial charge in [0.2, 0.25) is 0 Å². The molecular formula is C34H37F2NO5. The summed E-state index contributed by atoms with van der Waals surface area (Å²) in [5, 5.41) is 12.7. The molecule has 0 bridgehead atoms. The van der Waals surface area contributed by atoms with Crippen LogP contribution in [0.3, 0.4) is 0 Å². The molecule has 1 aliphatic heterocycles. The minimum atomic E-state index is -1.29. The number of carbonyl (C=O) groups is 2. The quantitative estimate of drug-likeness (QED) is 0.243. The molecule has 1 amide bonds. The number of rotatable bonds is 6. The lowest BCUT2D eigenvalue weighted by atomic mass is 9.87. The molecule has 4 aromatic rings. The highest BCUT2D eigenvalue weighted by atomic mass is 19.1. The van der Waals surface area contributed by atoms with Crippen molar-refractivity contribution in [2.45, 2.75) is 47.0 Å². The normalized spacial score (nSPS) is 12.3. The Hall–Kier alpha value is -4.46. The van der Waals surface area contributed by atoms with Gasteiger partial charge in [-0.1, -0.05) is 76.2 Å². The molecule has 222 valence electrons. The monoisotopic (exact) mass is 577 g/mol. The molecule has 5 rings (SSSR count). The Morgan fingerprint density at radius 1 is 0.881 bits per heavy atom. The molecule has 1 atom stereocenters. The van der Waals surface area contributed by atoms with E-state index in [0.29, 0.717) is 19.1 Å². The van der Waals surface area contributed by atoms with Crippen LogP contribution in [0, 0.1) is 18.6 Å². The molecule has 0 spiro atoms. The number of carboxylic acid groups (broad SMARTS) is 1. The van der Waals surface area contributed by atoms with Gasteiger partial charge in [-0.15, -0.1) is 0 Å². The molecule has 0 saturated carbocycles. The number of aryl methyl sites for hydroxylation is 1. The summed E-state index contributed by atoms with van der Waals surface area (Å²) in [4.78, 5) is 21.2. The van der Waals surface area contributed by atoms with Crippen molar-refractivity contribution in [1.29, 1.82) is 0 Å². The van der Waals surface area contributed by atoms with E-state index in [-0.39, 0.29) is 0 Å². The van der Waals surface area contributed by atoms with Crippen molar-refractivity contribution < 1.29 is 33.0 Å². The molecule has 4 aromatic carbocycles. The van der Waals surface area contributed by atoms with Gasteiger partial charge in [0, 0.05) is 5.56 Å². The van der Waals surface area contributed by atoms with Gasteiger partial charge in [-0.25, -0.2) is 8.78 Å². The predicted octanol–water partition coefficient (Wildman–Crippen LogP) is 7.91. The summed E-state index contributed by atoms with van der Waals surface area (Å²) in [5.74, 6) is -2.16. The number of amides is 1. The summed E-state index contributed by atoms with van der Waals surface area (Å²) < 4.78 is 37.9. The SMILES string of the molecule is CC.CCC(C)c1cc2ccccc2cc1-c1ccc(C)c2c1OCCO2.O=C(O)CNC(=O)c1c(F)cccc1F. The predicted molar refractivity (Wildman–Crippen MR) is 161 cm³/mol. The highest BCUT2D eigenvalue weighted by Crippen LogP contribution is 2.45. The Morgan fingerprint density at radius 2 is 1.48 bits per heavy atom. The van der Waals surface area contributed by atoms with E-state index >= 15 is 0 Å². The number of benzene rings is 4. The van der Waals surface area contributed by atoms with Gasteiger partial charge in [-0.3, -0.25) is 9.59 Å². The molecule has 0 aliphatic carbocycles. The van der Waals surface area contributed by atoms with Crippen molar-refractivity contribution in [3.63, 3.8) is 0 Å². The standard InChI is InChI=1S/C23H24O2.C9H7F2NO3.C2H6/c1-4-15(2)20-13-17-7-5-6-8-18(17)14-21(20)19-10-9-16(3)22-23(19)25-12-11-24-22;10-5-2-1-3-6(11)8(5)9(15)12-4-7(13)14;1-2/h5-10,13-15H,4,11-12H2,1-3H3;1-3H,4H2,(H,12,15)(H,13,14);1-2H3. The van der Waals surface area contributed by atoms with Gasteiger partial charge >= 0.3 is 5.97 Å². The number of halogens is 2. The van der Waals surface area contributed by atoms with Crippen LogP contribution in [-0.2, 0) is 4.79 Å². The molecule has 6 nitrogen and oxygen atoms in total. The van der Waals surface area contributed by atoms with Crippen LogP contribution in [0.5, 0.6) is 11.5 Å². The Balaban J connectivity index is 0.000000245. The first-order chi connectivity index (χ1) is 20.2. The third kappa shape index (κ3) is 7.43. The van der Waals surface area contributed by atoms with Crippen molar-refractivity contribution in [3.8, 4) is 22.6 Å². The molecule has 0 radical (unpaired) electrons. The Labute approximate surface area is 245 Å². The fourth-order valence-corrected chi connectivity index (χ4v) is 4.56. The van der Waals surface area contributed by atoms with E-state index in [1.54, 1.807) is 0 Å². The Morgan fingerprint density at radius 3 is 2.07 bits per heavy atom. The summed E-state index contributed by atoms with van der Waals surface area (Å²) >= 11 is 0. The van der Waals surface area contributed by atoms with Crippen LogP contribution in [0.4, 0.5) is 8.78 Å². The highest BCUT2D eigenvalue weighted by Gasteiger charge is 2.22. The van der Waals surface area contributed by atoms with Crippen molar-refractivity contribution in [2.24, 2.45) is 0 Å². The molecule has 42 heavy (non-hydrogen) atoms. The van der Waals surface area contributed by atoms with Gasteiger partial charge in [0.1, 0.15) is 37.0 Å². The topological polar surface area (TPSA) is 84.9 Å². The third-order valence-corrected chi connectivity index (χ3v) is 6.83. The van der Waals surface area contributed by atoms with Crippen LogP contribution >= 0.6 is 0 Å². The van der Waals surface area contributed by atoms with E-state index in [9.17, 15) is 18.4 Å². The van der Waals surface area contributed by atoms with Gasteiger partial charge in [0.25, 0.3) is 5.91 Å². The number of ether oxygens (including phenoxy) is 2. The lowest BCUT2D eigenvalue weighted by Crippen LogP contribution is -2.30. The fourth-order valence-electron chi connectivity index (χ4n) is 4.56. The minimum Gasteiger partial charge on any atom is -0.486 e. The smallest absolute Gasteiger partial charge is 0.322 e. The summed E-state index contributed by atoms with van der Waals surface area (Å²) in [6.45, 7) is 11.2. The number of hydrogen-bond acceptors (Lipinski definition) is 4. The van der Waals surface area contributed by atoms with Crippen LogP contribution in [0.15, 0.2) is 66.7 Å². The lowest BCUT2D eigenvalue weighted by Gasteiger charge is -2.25. The summed E-state index contributed by atoms with van der Waals surface area (Å²) in [7, 11) is 0. The van der Waals surface area contributed by atoms with Crippen molar-refractivity contribution in [1.82, 2.24) is 5.32 Å². The summed E-state index contributed by atoms with van der Waals surface area (Å²) in [5.41, 5.74) is 4.13. The highest BCUT2D eigenvalue weighted by molar-refractivity contribution is 5.96. The molecule has 2 N–H and O–H groups in total. The first kappa shape index (κ1) is 32.1. The van der Waals surface area contributed by atoms with E-state index in [1.807, 2.05) is 19.2 Å². The number of hydrogen-bond donors (Lipinski definition) is 2. The zero-order valence-corrected chi connectivity index (χ0v) is 24.6. The molecular weight excluding hydrogens is 540 g/mol. The molecule has 1 heterocycles. The molecule has 1 aliphatic rings. The lowest BCUT2D eigenvalue weighted by molar-refractivity contribution is -0.135. The number of fused-ring (bicyclic) bond motifs is 2. The van der Waals surface area contributed by atoms with Crippen LogP contribution < -0.4 is 14.8 Å². The van der Waals surface area contributed by atoms with Crippen LogP contribution in [-0.4, -0.2) is 36.7 Å². The molecule has 0 saturated heterocycles. The maximum Gasteiger partial charge on any atom is 0.322 e. The van der Waals surface area contributed by atoms with Crippen LogP contribution in [0.2, 0.25) is 0 Å². The minimum absolute atomic E-state index is 0.487. The Kier molecular flexibility index (Phi) is 11.4. The van der Waals surface area contributed by atoms with Crippen LogP contribution in [0.25, 0.3) is 21.9 Å². The third-order valence-electron chi connectivity index (χ3n) is 6.83. The largest absolute Gasteiger partial charge is 0.486 e. The van der Waals surface area contributed by atoms with Gasteiger partial charge in [0.05, 0.1) is 0 Å². The van der Waals surface area contributed by atoms with E-state index in [0.717, 1.165) is 47.2 Å². The molecule has 0 aromatic heterocycles. The summed E-state index contributed by atoms with van der Waals surface area (Å²) in [6, 6.07) is 20.5. The van der Waals surface area contributed by atoms with Crippen molar-refractivity contribution in [3.05, 3.63) is 95.1 Å². The first-order valence-electron chi connectivity index (χ1n) is 14.1. The van der Waals surface area contributed by atoms with Gasteiger partial charge in [-0.2, -0.15) is 0 Å². The van der Waals surface area contributed by atoms with E-state index < -0.39 is 35.6 Å². The second-order valence-corrected chi connectivity index (χ2v) is 9.55. The number of aliphatic carboxylic acids is 1. The second kappa shape index (κ2) is 15.0. The van der Waals surface area contributed by atoms with E-state index in [2.05, 4.69) is 69.3 Å². The van der Waals surface area contributed by atoms with Gasteiger partial charge < -0.3 is 19.9 Å². The molecule has 8 heteroatoms. The van der Waals surface area contributed by atoms with Crippen molar-refractivity contribution >= 4 is 22.6 Å². The number of carbonyl (C=O) groups excluding carboxylic acids is 1. The molecule has 0 fully saturated rings. The number of carboxylic acids is 1. The second-order valence-electron chi connectivity index (χ2n) is 9.55. The maximum absolute atomic E-state index is 13.0. The van der Waals surface area contributed by atoms with Crippen LogP contribution in [0.1, 0.15) is 61.5 Å². The van der Waals surface area contributed by atoms with Gasteiger partial charge in [0.15, 0.2) is 11.5 Å². The summed E-state index contributed by atoms with van der Waals surface area (Å²) in [6.07, 6.45) is 1.11.